The molecule has 0 N–H and O–H groups in total. The van der Waals surface area contributed by atoms with Gasteiger partial charge in [-0.2, -0.15) is 0 Å². The zero-order valence-electron chi connectivity index (χ0n) is 20.2. The monoisotopic (exact) mass is 491 g/mol. The van der Waals surface area contributed by atoms with Crippen LogP contribution in [0.2, 0.25) is 0 Å². The van der Waals surface area contributed by atoms with Gasteiger partial charge in [0.15, 0.2) is 5.13 Å². The highest BCUT2D eigenvalue weighted by Gasteiger charge is 2.24. The molecular formula is C27H29N3O4S. The molecule has 0 radical (unpaired) electrons. The van der Waals surface area contributed by atoms with E-state index in [1.165, 1.54) is 11.3 Å². The standard InChI is InChI=1S/C27H29N3O4S/c1-4-5-8-16-34-21-12-9-10-19(17-21)26(31)30(18-20-11-6-7-15-28-20)27-29-24-22(32-2)13-14-23(33-3)25(24)35-27/h6-7,9-15,17H,4-5,8,16,18H2,1-3H3. The number of fused-ring (bicyclic) bond motifs is 1. The molecule has 4 aromatic rings. The molecule has 1 amide bonds. The minimum atomic E-state index is -0.188. The molecule has 0 atom stereocenters. The number of thiazole rings is 1. The highest BCUT2D eigenvalue weighted by Crippen LogP contribution is 2.40. The van der Waals surface area contributed by atoms with Gasteiger partial charge in [-0.3, -0.25) is 14.7 Å². The SMILES string of the molecule is CCCCCOc1cccc(C(=O)N(Cc2ccccn2)c2nc3c(OC)ccc(OC)c3s2)c1. The fourth-order valence-electron chi connectivity index (χ4n) is 3.69. The average Bonchev–Trinajstić information content (AvgIpc) is 3.35. The van der Waals surface area contributed by atoms with Gasteiger partial charge < -0.3 is 14.2 Å². The number of carbonyl (C=O) groups is 1. The first kappa shape index (κ1) is 24.5. The van der Waals surface area contributed by atoms with Crippen molar-refractivity contribution < 1.29 is 19.0 Å². The largest absolute Gasteiger partial charge is 0.495 e. The lowest BCUT2D eigenvalue weighted by Gasteiger charge is -2.20. The molecule has 2 heterocycles. The molecule has 8 heteroatoms. The van der Waals surface area contributed by atoms with Crippen LogP contribution in [0.4, 0.5) is 5.13 Å². The van der Waals surface area contributed by atoms with Crippen molar-refractivity contribution in [2.75, 3.05) is 25.7 Å². The molecule has 182 valence electrons. The first-order valence-corrected chi connectivity index (χ1v) is 12.4. The maximum Gasteiger partial charge on any atom is 0.260 e. The molecule has 0 aliphatic rings. The number of amides is 1. The first-order valence-electron chi connectivity index (χ1n) is 11.6. The molecule has 0 spiro atoms. The number of benzene rings is 2. The van der Waals surface area contributed by atoms with Crippen LogP contribution in [0, 0.1) is 0 Å². The van der Waals surface area contributed by atoms with E-state index in [-0.39, 0.29) is 12.5 Å². The number of rotatable bonds is 11. The van der Waals surface area contributed by atoms with Gasteiger partial charge in [-0.1, -0.05) is 43.2 Å². The number of carbonyl (C=O) groups excluding carboxylic acids is 1. The van der Waals surface area contributed by atoms with Crippen molar-refractivity contribution in [2.24, 2.45) is 0 Å². The number of anilines is 1. The third-order valence-corrected chi connectivity index (χ3v) is 6.61. The molecule has 0 aliphatic carbocycles. The lowest BCUT2D eigenvalue weighted by molar-refractivity contribution is 0.0984. The van der Waals surface area contributed by atoms with Crippen LogP contribution < -0.4 is 19.1 Å². The van der Waals surface area contributed by atoms with Crippen LogP contribution in [-0.2, 0) is 6.54 Å². The minimum absolute atomic E-state index is 0.188. The molecule has 4 rings (SSSR count). The van der Waals surface area contributed by atoms with E-state index < -0.39 is 0 Å². The van der Waals surface area contributed by atoms with E-state index >= 15 is 0 Å². The molecule has 0 bridgehead atoms. The average molecular weight is 492 g/mol. The van der Waals surface area contributed by atoms with E-state index in [0.717, 1.165) is 29.7 Å². The van der Waals surface area contributed by atoms with Crippen molar-refractivity contribution in [3.63, 3.8) is 0 Å². The number of unbranched alkanes of at least 4 members (excludes halogenated alkanes) is 2. The third-order valence-electron chi connectivity index (χ3n) is 5.52. The molecule has 2 aromatic carbocycles. The fraction of sp³-hybridized carbons (Fsp3) is 0.296. The predicted octanol–water partition coefficient (Wildman–Crippen LogP) is 6.12. The third kappa shape index (κ3) is 5.71. The van der Waals surface area contributed by atoms with Gasteiger partial charge >= 0.3 is 0 Å². The Morgan fingerprint density at radius 2 is 1.83 bits per heavy atom. The summed E-state index contributed by atoms with van der Waals surface area (Å²) in [6, 6.07) is 16.6. The summed E-state index contributed by atoms with van der Waals surface area (Å²) in [5.41, 5.74) is 1.93. The Morgan fingerprint density at radius 1 is 1.00 bits per heavy atom. The lowest BCUT2D eigenvalue weighted by Crippen LogP contribution is -2.30. The second kappa shape index (κ2) is 11.7. The molecule has 2 aromatic heterocycles. The summed E-state index contributed by atoms with van der Waals surface area (Å²) in [6.07, 6.45) is 4.94. The summed E-state index contributed by atoms with van der Waals surface area (Å²) in [7, 11) is 3.21. The number of pyridine rings is 1. The smallest absolute Gasteiger partial charge is 0.260 e. The molecule has 0 saturated heterocycles. The van der Waals surface area contributed by atoms with E-state index in [2.05, 4.69) is 11.9 Å². The van der Waals surface area contributed by atoms with E-state index in [4.69, 9.17) is 19.2 Å². The highest BCUT2D eigenvalue weighted by molar-refractivity contribution is 7.22. The van der Waals surface area contributed by atoms with Crippen LogP contribution >= 0.6 is 11.3 Å². The molecule has 7 nitrogen and oxygen atoms in total. The molecule has 0 aliphatic heterocycles. The molecule has 35 heavy (non-hydrogen) atoms. The van der Waals surface area contributed by atoms with Crippen LogP contribution in [0.1, 0.15) is 42.2 Å². The van der Waals surface area contributed by atoms with Gasteiger partial charge in [0.25, 0.3) is 5.91 Å². The quantitative estimate of drug-likeness (QED) is 0.235. The Morgan fingerprint density at radius 3 is 2.57 bits per heavy atom. The summed E-state index contributed by atoms with van der Waals surface area (Å²) in [4.78, 5) is 24.7. The van der Waals surface area contributed by atoms with Crippen LogP contribution in [0.5, 0.6) is 17.2 Å². The lowest BCUT2D eigenvalue weighted by atomic mass is 10.2. The maximum absolute atomic E-state index is 13.8. The van der Waals surface area contributed by atoms with E-state index in [1.807, 2.05) is 42.5 Å². The Hall–Kier alpha value is -3.65. The Kier molecular flexibility index (Phi) is 8.15. The minimum Gasteiger partial charge on any atom is -0.495 e. The van der Waals surface area contributed by atoms with Crippen molar-refractivity contribution >= 4 is 32.6 Å². The van der Waals surface area contributed by atoms with Crippen LogP contribution in [0.3, 0.4) is 0 Å². The van der Waals surface area contributed by atoms with E-state index in [9.17, 15) is 4.79 Å². The van der Waals surface area contributed by atoms with Gasteiger partial charge in [0.2, 0.25) is 0 Å². The molecular weight excluding hydrogens is 462 g/mol. The maximum atomic E-state index is 13.8. The number of hydrogen-bond acceptors (Lipinski definition) is 7. The van der Waals surface area contributed by atoms with Gasteiger partial charge in [0.05, 0.1) is 33.1 Å². The van der Waals surface area contributed by atoms with Crippen molar-refractivity contribution in [2.45, 2.75) is 32.7 Å². The number of ether oxygens (including phenoxy) is 3. The Labute approximate surface area is 209 Å². The normalized spacial score (nSPS) is 10.8. The van der Waals surface area contributed by atoms with Gasteiger partial charge in [0, 0.05) is 11.8 Å². The fourth-order valence-corrected chi connectivity index (χ4v) is 4.76. The second-order valence-corrected chi connectivity index (χ2v) is 8.92. The van der Waals surface area contributed by atoms with E-state index in [1.54, 1.807) is 37.4 Å². The van der Waals surface area contributed by atoms with Crippen molar-refractivity contribution in [3.05, 3.63) is 72.1 Å². The first-order chi connectivity index (χ1) is 17.1. The number of methoxy groups -OCH3 is 2. The summed E-state index contributed by atoms with van der Waals surface area (Å²) >= 11 is 1.38. The Balaban J connectivity index is 1.71. The van der Waals surface area contributed by atoms with Gasteiger partial charge in [-0.25, -0.2) is 4.98 Å². The number of nitrogens with zero attached hydrogens (tertiary/aromatic N) is 3. The number of aromatic nitrogens is 2. The van der Waals surface area contributed by atoms with Crippen molar-refractivity contribution in [3.8, 4) is 17.2 Å². The topological polar surface area (TPSA) is 73.8 Å². The predicted molar refractivity (Wildman–Crippen MR) is 139 cm³/mol. The second-order valence-electron chi connectivity index (χ2n) is 7.94. The van der Waals surface area contributed by atoms with Gasteiger partial charge in [-0.15, -0.1) is 0 Å². The summed E-state index contributed by atoms with van der Waals surface area (Å²) in [5, 5.41) is 0.535. The molecule has 0 fully saturated rings. The zero-order chi connectivity index (χ0) is 24.6. The van der Waals surface area contributed by atoms with Gasteiger partial charge in [0.1, 0.15) is 27.5 Å². The van der Waals surface area contributed by atoms with Crippen LogP contribution in [0.25, 0.3) is 10.2 Å². The highest BCUT2D eigenvalue weighted by atomic mass is 32.1. The summed E-state index contributed by atoms with van der Waals surface area (Å²) in [6.45, 7) is 3.05. The van der Waals surface area contributed by atoms with Gasteiger partial charge in [-0.05, 0) is 48.9 Å². The summed E-state index contributed by atoms with van der Waals surface area (Å²) < 4.78 is 17.7. The number of hydrogen-bond donors (Lipinski definition) is 0. The molecule has 0 saturated carbocycles. The zero-order valence-corrected chi connectivity index (χ0v) is 21.0. The van der Waals surface area contributed by atoms with Crippen molar-refractivity contribution in [1.29, 1.82) is 0 Å². The molecule has 0 unspecified atom stereocenters. The summed E-state index contributed by atoms with van der Waals surface area (Å²) in [5.74, 6) is 1.79. The van der Waals surface area contributed by atoms with Crippen molar-refractivity contribution in [1.82, 2.24) is 9.97 Å². The van der Waals surface area contributed by atoms with Crippen LogP contribution in [-0.4, -0.2) is 36.7 Å². The van der Waals surface area contributed by atoms with E-state index in [0.29, 0.717) is 40.1 Å². The van der Waals surface area contributed by atoms with Crippen LogP contribution in [0.15, 0.2) is 60.8 Å². The Bertz CT molecular complexity index is 1240.